The van der Waals surface area contributed by atoms with Gasteiger partial charge in [0.05, 0.1) is 12.6 Å². The largest absolute Gasteiger partial charge is 0.360 e. The maximum absolute atomic E-state index is 12.2. The highest BCUT2D eigenvalue weighted by molar-refractivity contribution is 5.91. The molecule has 23 heavy (non-hydrogen) atoms. The molecule has 1 fully saturated rings. The van der Waals surface area contributed by atoms with Crippen LogP contribution in [0.4, 0.5) is 5.82 Å². The lowest BCUT2D eigenvalue weighted by Crippen LogP contribution is -2.53. The first-order valence-corrected chi connectivity index (χ1v) is 7.48. The summed E-state index contributed by atoms with van der Waals surface area (Å²) in [6.07, 6.45) is 0. The summed E-state index contributed by atoms with van der Waals surface area (Å²) in [6, 6.07) is 3.68. The van der Waals surface area contributed by atoms with Crippen molar-refractivity contribution in [3.05, 3.63) is 11.8 Å². The van der Waals surface area contributed by atoms with Crippen LogP contribution >= 0.6 is 0 Å². The quantitative estimate of drug-likeness (QED) is 0.872. The van der Waals surface area contributed by atoms with Crippen LogP contribution in [-0.2, 0) is 9.59 Å². The van der Waals surface area contributed by atoms with Gasteiger partial charge in [0.1, 0.15) is 11.2 Å². The Morgan fingerprint density at radius 1 is 1.39 bits per heavy atom. The highest BCUT2D eigenvalue weighted by Crippen LogP contribution is 2.18. The van der Waals surface area contributed by atoms with Gasteiger partial charge in [0.15, 0.2) is 5.82 Å². The van der Waals surface area contributed by atoms with E-state index in [1.54, 1.807) is 31.7 Å². The van der Waals surface area contributed by atoms with E-state index in [4.69, 9.17) is 9.78 Å². The molecule has 1 aliphatic rings. The monoisotopic (exact) mass is 319 g/mol. The van der Waals surface area contributed by atoms with Crippen molar-refractivity contribution in [2.45, 2.75) is 20.8 Å². The molecule has 1 saturated heterocycles. The molecule has 2 heterocycles. The van der Waals surface area contributed by atoms with Crippen molar-refractivity contribution in [1.82, 2.24) is 15.0 Å². The topological polar surface area (TPSA) is 102 Å². The van der Waals surface area contributed by atoms with Crippen molar-refractivity contribution in [3.8, 4) is 6.07 Å². The molecule has 8 heteroatoms. The van der Waals surface area contributed by atoms with Crippen LogP contribution in [0.15, 0.2) is 10.6 Å². The normalized spacial score (nSPS) is 16.0. The summed E-state index contributed by atoms with van der Waals surface area (Å²) in [5, 5.41) is 15.4. The van der Waals surface area contributed by atoms with Crippen molar-refractivity contribution < 1.29 is 14.1 Å². The predicted molar refractivity (Wildman–Crippen MR) is 82.3 cm³/mol. The van der Waals surface area contributed by atoms with E-state index >= 15 is 0 Å². The lowest BCUT2D eigenvalue weighted by Gasteiger charge is -2.36. The minimum atomic E-state index is -1.01. The maximum Gasteiger partial charge on any atom is 0.242 e. The van der Waals surface area contributed by atoms with E-state index in [-0.39, 0.29) is 18.4 Å². The van der Waals surface area contributed by atoms with Crippen LogP contribution in [-0.4, -0.2) is 59.5 Å². The molecule has 0 atom stereocenters. The molecule has 2 rings (SSSR count). The average Bonchev–Trinajstić information content (AvgIpc) is 2.92. The molecular weight excluding hydrogens is 298 g/mol. The fourth-order valence-electron chi connectivity index (χ4n) is 2.36. The Morgan fingerprint density at radius 3 is 2.57 bits per heavy atom. The van der Waals surface area contributed by atoms with Gasteiger partial charge >= 0.3 is 0 Å². The van der Waals surface area contributed by atoms with E-state index in [9.17, 15) is 9.59 Å². The van der Waals surface area contributed by atoms with Gasteiger partial charge in [0, 0.05) is 32.2 Å². The highest BCUT2D eigenvalue weighted by Gasteiger charge is 2.33. The minimum absolute atomic E-state index is 0.165. The Kier molecular flexibility index (Phi) is 5.01. The van der Waals surface area contributed by atoms with Crippen LogP contribution in [0.2, 0.25) is 0 Å². The first-order valence-electron chi connectivity index (χ1n) is 7.48. The Labute approximate surface area is 135 Å². The second kappa shape index (κ2) is 6.79. The van der Waals surface area contributed by atoms with Crippen LogP contribution in [0, 0.1) is 23.7 Å². The molecule has 0 saturated carbocycles. The lowest BCUT2D eigenvalue weighted by atomic mass is 9.93. The van der Waals surface area contributed by atoms with Gasteiger partial charge in [-0.15, -0.1) is 0 Å². The summed E-state index contributed by atoms with van der Waals surface area (Å²) >= 11 is 0. The second-order valence-electron chi connectivity index (χ2n) is 6.18. The second-order valence-corrected chi connectivity index (χ2v) is 6.18. The van der Waals surface area contributed by atoms with E-state index in [2.05, 4.69) is 10.5 Å². The molecule has 0 unspecified atom stereocenters. The van der Waals surface area contributed by atoms with E-state index in [1.807, 2.05) is 11.0 Å². The van der Waals surface area contributed by atoms with E-state index in [0.29, 0.717) is 37.8 Å². The molecule has 0 bridgehead atoms. The van der Waals surface area contributed by atoms with E-state index < -0.39 is 5.41 Å². The van der Waals surface area contributed by atoms with Crippen molar-refractivity contribution in [2.24, 2.45) is 5.41 Å². The summed E-state index contributed by atoms with van der Waals surface area (Å²) < 4.78 is 4.89. The summed E-state index contributed by atoms with van der Waals surface area (Å²) in [7, 11) is 0. The fourth-order valence-corrected chi connectivity index (χ4v) is 2.36. The zero-order chi connectivity index (χ0) is 17.0. The molecule has 1 N–H and O–H groups in total. The minimum Gasteiger partial charge on any atom is -0.360 e. The summed E-state index contributed by atoms with van der Waals surface area (Å²) in [5.41, 5.74) is -1.01. The van der Waals surface area contributed by atoms with Gasteiger partial charge in [0.25, 0.3) is 0 Å². The number of piperazine rings is 1. The smallest absolute Gasteiger partial charge is 0.242 e. The van der Waals surface area contributed by atoms with Crippen LogP contribution < -0.4 is 5.32 Å². The third kappa shape index (κ3) is 4.29. The van der Waals surface area contributed by atoms with Crippen LogP contribution in [0.1, 0.15) is 19.6 Å². The molecule has 1 aromatic rings. The summed E-state index contributed by atoms with van der Waals surface area (Å²) in [4.78, 5) is 27.8. The standard InChI is InChI=1S/C15H21N5O3/c1-11-8-12(18-23-11)17-13(21)9-19-4-6-20(7-5-19)14(22)15(2,3)10-16/h8H,4-7,9H2,1-3H3,(H,17,18,21). The van der Waals surface area contributed by atoms with E-state index in [1.165, 1.54) is 0 Å². The molecule has 2 amide bonds. The molecular formula is C15H21N5O3. The van der Waals surface area contributed by atoms with Crippen molar-refractivity contribution in [3.63, 3.8) is 0 Å². The van der Waals surface area contributed by atoms with Crippen LogP contribution in [0.3, 0.4) is 0 Å². The highest BCUT2D eigenvalue weighted by atomic mass is 16.5. The lowest BCUT2D eigenvalue weighted by molar-refractivity contribution is -0.139. The van der Waals surface area contributed by atoms with Gasteiger partial charge in [-0.05, 0) is 20.8 Å². The molecule has 0 radical (unpaired) electrons. The number of carbonyl (C=O) groups is 2. The number of hydrogen-bond acceptors (Lipinski definition) is 6. The predicted octanol–water partition coefficient (Wildman–Crippen LogP) is 0.615. The van der Waals surface area contributed by atoms with Gasteiger partial charge in [-0.2, -0.15) is 5.26 Å². The first kappa shape index (κ1) is 17.0. The van der Waals surface area contributed by atoms with Gasteiger partial charge < -0.3 is 14.7 Å². The first-order chi connectivity index (χ1) is 10.8. The number of hydrogen-bond donors (Lipinski definition) is 1. The van der Waals surface area contributed by atoms with Gasteiger partial charge in [-0.25, -0.2) is 0 Å². The molecule has 1 aromatic heterocycles. The Hall–Kier alpha value is -2.40. The van der Waals surface area contributed by atoms with Crippen LogP contribution in [0.5, 0.6) is 0 Å². The van der Waals surface area contributed by atoms with Crippen molar-refractivity contribution in [1.29, 1.82) is 5.26 Å². The SMILES string of the molecule is Cc1cc(NC(=O)CN2CCN(C(=O)C(C)(C)C#N)CC2)no1. The number of aromatic nitrogens is 1. The number of nitrogens with zero attached hydrogens (tertiary/aromatic N) is 4. The number of nitrogens with one attached hydrogen (secondary N) is 1. The molecule has 8 nitrogen and oxygen atoms in total. The van der Waals surface area contributed by atoms with Gasteiger partial charge in [-0.1, -0.05) is 5.16 Å². The molecule has 0 aliphatic carbocycles. The average molecular weight is 319 g/mol. The Bertz CT molecular complexity index is 623. The van der Waals surface area contributed by atoms with Crippen molar-refractivity contribution >= 4 is 17.6 Å². The number of rotatable bonds is 4. The molecule has 0 spiro atoms. The number of anilines is 1. The maximum atomic E-state index is 12.2. The fraction of sp³-hybridized carbons (Fsp3) is 0.600. The third-order valence-electron chi connectivity index (χ3n) is 3.74. The number of aryl methyl sites for hydroxylation is 1. The van der Waals surface area contributed by atoms with Crippen LogP contribution in [0.25, 0.3) is 0 Å². The van der Waals surface area contributed by atoms with E-state index in [0.717, 1.165) is 0 Å². The Balaban J connectivity index is 1.80. The third-order valence-corrected chi connectivity index (χ3v) is 3.74. The Morgan fingerprint density at radius 2 is 2.04 bits per heavy atom. The summed E-state index contributed by atoms with van der Waals surface area (Å²) in [5.74, 6) is 0.697. The van der Waals surface area contributed by atoms with Crippen molar-refractivity contribution in [2.75, 3.05) is 38.0 Å². The number of amides is 2. The molecule has 124 valence electrons. The van der Waals surface area contributed by atoms with Gasteiger partial charge in [-0.3, -0.25) is 14.5 Å². The molecule has 0 aromatic carbocycles. The number of carbonyl (C=O) groups excluding carboxylic acids is 2. The number of nitriles is 1. The summed E-state index contributed by atoms with van der Waals surface area (Å²) in [6.45, 7) is 7.44. The molecule has 1 aliphatic heterocycles. The zero-order valence-electron chi connectivity index (χ0n) is 13.6. The van der Waals surface area contributed by atoms with Gasteiger partial charge in [0.2, 0.25) is 11.8 Å². The zero-order valence-corrected chi connectivity index (χ0v) is 13.6.